The molecule has 2 rings (SSSR count). The number of nitrogens with one attached hydrogen (secondary N) is 1. The number of likely N-dealkylation sites (tertiary alicyclic amines) is 1. The monoisotopic (exact) mass is 343 g/mol. The van der Waals surface area contributed by atoms with Gasteiger partial charge in [-0.25, -0.2) is 0 Å². The van der Waals surface area contributed by atoms with Crippen molar-refractivity contribution in [1.82, 2.24) is 10.2 Å². The molecule has 0 spiro atoms. The van der Waals surface area contributed by atoms with E-state index in [2.05, 4.69) is 5.32 Å². The number of benzene rings is 1. The van der Waals surface area contributed by atoms with Crippen molar-refractivity contribution < 1.29 is 22.8 Å². The van der Waals surface area contributed by atoms with Crippen LogP contribution in [0.2, 0.25) is 0 Å². The summed E-state index contributed by atoms with van der Waals surface area (Å²) >= 11 is 0. The Hall–Kier alpha value is -2.09. The molecule has 1 fully saturated rings. The first kappa shape index (κ1) is 18.3. The summed E-state index contributed by atoms with van der Waals surface area (Å²) in [4.78, 5) is 25.6. The van der Waals surface area contributed by atoms with E-state index in [1.807, 2.05) is 0 Å². The van der Waals surface area contributed by atoms with Crippen LogP contribution in [0.25, 0.3) is 0 Å². The van der Waals surface area contributed by atoms with Gasteiger partial charge in [-0.05, 0) is 37.5 Å². The molecule has 132 valence electrons. The molecule has 5 nitrogen and oxygen atoms in total. The van der Waals surface area contributed by atoms with Crippen molar-refractivity contribution in [1.29, 1.82) is 0 Å². The van der Waals surface area contributed by atoms with Crippen LogP contribution in [0, 0.1) is 0 Å². The zero-order valence-electron chi connectivity index (χ0n) is 13.3. The van der Waals surface area contributed by atoms with E-state index in [1.165, 1.54) is 19.1 Å². The second-order valence-corrected chi connectivity index (χ2v) is 6.01. The van der Waals surface area contributed by atoms with Gasteiger partial charge in [0.15, 0.2) is 0 Å². The van der Waals surface area contributed by atoms with E-state index in [0.717, 1.165) is 25.0 Å². The van der Waals surface area contributed by atoms with Crippen molar-refractivity contribution in [3.8, 4) is 0 Å². The van der Waals surface area contributed by atoms with Gasteiger partial charge in [0.05, 0.1) is 12.1 Å². The molecule has 1 aliphatic rings. The number of carbonyl (C=O) groups excluding carboxylic acids is 2. The first-order valence-corrected chi connectivity index (χ1v) is 7.65. The number of primary amides is 1. The van der Waals surface area contributed by atoms with Crippen LogP contribution in [0.1, 0.15) is 30.9 Å². The number of halogens is 3. The standard InChI is InChI=1S/C16H20F3N3O2/c1-15(14(20)24,21-10-13(23)22-7-2-3-8-22)11-5-4-6-12(9-11)16(17,18)19/h4-6,9,21H,2-3,7-8,10H2,1H3,(H2,20,24)/t15-/m0/s1. The fraction of sp³-hybridized carbons (Fsp3) is 0.500. The maximum Gasteiger partial charge on any atom is 0.416 e. The minimum atomic E-state index is -4.53. The molecule has 0 unspecified atom stereocenters. The second kappa shape index (κ2) is 6.80. The average molecular weight is 343 g/mol. The van der Waals surface area contributed by atoms with Crippen molar-refractivity contribution >= 4 is 11.8 Å². The van der Waals surface area contributed by atoms with Crippen molar-refractivity contribution in [2.75, 3.05) is 19.6 Å². The highest BCUT2D eigenvalue weighted by Gasteiger charge is 2.37. The predicted molar refractivity (Wildman–Crippen MR) is 81.8 cm³/mol. The first-order chi connectivity index (χ1) is 11.1. The average Bonchev–Trinajstić information content (AvgIpc) is 3.06. The van der Waals surface area contributed by atoms with Crippen molar-refractivity contribution in [2.45, 2.75) is 31.5 Å². The number of rotatable bonds is 5. The molecule has 24 heavy (non-hydrogen) atoms. The van der Waals surface area contributed by atoms with Gasteiger partial charge in [-0.15, -0.1) is 0 Å². The van der Waals surface area contributed by atoms with Gasteiger partial charge in [0, 0.05) is 13.1 Å². The predicted octanol–water partition coefficient (Wildman–Crippen LogP) is 1.62. The molecule has 3 N–H and O–H groups in total. The number of hydrogen-bond donors (Lipinski definition) is 2. The molecule has 0 saturated carbocycles. The van der Waals surface area contributed by atoms with Gasteiger partial charge >= 0.3 is 6.18 Å². The largest absolute Gasteiger partial charge is 0.416 e. The molecule has 0 aliphatic carbocycles. The summed E-state index contributed by atoms with van der Waals surface area (Å²) in [6.07, 6.45) is -2.68. The Labute approximate surface area is 138 Å². The summed E-state index contributed by atoms with van der Waals surface area (Å²) < 4.78 is 38.6. The van der Waals surface area contributed by atoms with E-state index >= 15 is 0 Å². The van der Waals surface area contributed by atoms with Gasteiger partial charge < -0.3 is 10.6 Å². The molecule has 1 heterocycles. The smallest absolute Gasteiger partial charge is 0.368 e. The molecular formula is C16H20F3N3O2. The third kappa shape index (κ3) is 3.87. The Morgan fingerprint density at radius 1 is 1.21 bits per heavy atom. The summed E-state index contributed by atoms with van der Waals surface area (Å²) in [5.74, 6) is -1.05. The molecule has 1 aromatic carbocycles. The molecule has 0 radical (unpaired) electrons. The van der Waals surface area contributed by atoms with Crippen molar-refractivity contribution in [3.05, 3.63) is 35.4 Å². The molecule has 1 aliphatic heterocycles. The van der Waals surface area contributed by atoms with E-state index in [1.54, 1.807) is 4.90 Å². The number of nitrogens with two attached hydrogens (primary N) is 1. The number of nitrogens with zero attached hydrogens (tertiary/aromatic N) is 1. The lowest BCUT2D eigenvalue weighted by atomic mass is 9.89. The van der Waals surface area contributed by atoms with Gasteiger partial charge in [-0.1, -0.05) is 12.1 Å². The zero-order chi connectivity index (χ0) is 18.0. The van der Waals surface area contributed by atoms with Gasteiger partial charge in [0.25, 0.3) is 0 Å². The highest BCUT2D eigenvalue weighted by atomic mass is 19.4. The normalized spacial score (nSPS) is 17.6. The fourth-order valence-electron chi connectivity index (χ4n) is 2.67. The molecular weight excluding hydrogens is 323 g/mol. The Bertz CT molecular complexity index is 627. The summed E-state index contributed by atoms with van der Waals surface area (Å²) in [5.41, 5.74) is 3.02. The van der Waals surface area contributed by atoms with Crippen LogP contribution < -0.4 is 11.1 Å². The fourth-order valence-corrected chi connectivity index (χ4v) is 2.67. The van der Waals surface area contributed by atoms with Crippen LogP contribution in [0.4, 0.5) is 13.2 Å². The Kier molecular flexibility index (Phi) is 5.17. The van der Waals surface area contributed by atoms with Crippen LogP contribution >= 0.6 is 0 Å². The first-order valence-electron chi connectivity index (χ1n) is 7.65. The molecule has 0 aromatic heterocycles. The Morgan fingerprint density at radius 2 is 1.79 bits per heavy atom. The lowest BCUT2D eigenvalue weighted by molar-refractivity contribution is -0.138. The van der Waals surface area contributed by atoms with Crippen LogP contribution in [0.15, 0.2) is 24.3 Å². The maximum atomic E-state index is 12.9. The van der Waals surface area contributed by atoms with E-state index in [4.69, 9.17) is 5.73 Å². The Balaban J connectivity index is 2.21. The zero-order valence-corrected chi connectivity index (χ0v) is 13.3. The third-order valence-electron chi connectivity index (χ3n) is 4.31. The molecule has 0 bridgehead atoms. The van der Waals surface area contributed by atoms with Crippen molar-refractivity contribution in [2.24, 2.45) is 5.73 Å². The van der Waals surface area contributed by atoms with E-state index in [9.17, 15) is 22.8 Å². The third-order valence-corrected chi connectivity index (χ3v) is 4.31. The van der Waals surface area contributed by atoms with Gasteiger partial charge in [0.1, 0.15) is 5.54 Å². The maximum absolute atomic E-state index is 12.9. The van der Waals surface area contributed by atoms with Crippen molar-refractivity contribution in [3.63, 3.8) is 0 Å². The molecule has 1 aromatic rings. The molecule has 1 atom stereocenters. The number of amides is 2. The highest BCUT2D eigenvalue weighted by molar-refractivity contribution is 5.87. The summed E-state index contributed by atoms with van der Waals surface area (Å²) in [6.45, 7) is 2.51. The van der Waals surface area contributed by atoms with E-state index in [-0.39, 0.29) is 18.0 Å². The molecule has 1 saturated heterocycles. The lowest BCUT2D eigenvalue weighted by Crippen LogP contribution is -2.53. The highest BCUT2D eigenvalue weighted by Crippen LogP contribution is 2.32. The number of alkyl halides is 3. The topological polar surface area (TPSA) is 75.4 Å². The number of hydrogen-bond acceptors (Lipinski definition) is 3. The van der Waals surface area contributed by atoms with Crippen LogP contribution in [-0.2, 0) is 21.3 Å². The van der Waals surface area contributed by atoms with Gasteiger partial charge in [-0.3, -0.25) is 14.9 Å². The SMILES string of the molecule is C[C@@](NCC(=O)N1CCCC1)(C(N)=O)c1cccc(C(F)(F)F)c1. The summed E-state index contributed by atoms with van der Waals surface area (Å²) in [5, 5.41) is 2.73. The van der Waals surface area contributed by atoms with Gasteiger partial charge in [0.2, 0.25) is 11.8 Å². The molecule has 2 amide bonds. The van der Waals surface area contributed by atoms with Crippen LogP contribution in [0.3, 0.4) is 0 Å². The molecule has 8 heteroatoms. The van der Waals surface area contributed by atoms with Crippen LogP contribution in [0.5, 0.6) is 0 Å². The minimum absolute atomic E-state index is 0.0686. The summed E-state index contributed by atoms with van der Waals surface area (Å²) in [6, 6.07) is 4.38. The Morgan fingerprint density at radius 3 is 2.33 bits per heavy atom. The lowest BCUT2D eigenvalue weighted by Gasteiger charge is -2.29. The summed E-state index contributed by atoms with van der Waals surface area (Å²) in [7, 11) is 0. The van der Waals surface area contributed by atoms with E-state index in [0.29, 0.717) is 13.1 Å². The second-order valence-electron chi connectivity index (χ2n) is 6.01. The van der Waals surface area contributed by atoms with Crippen LogP contribution in [-0.4, -0.2) is 36.3 Å². The number of carbonyl (C=O) groups is 2. The van der Waals surface area contributed by atoms with Gasteiger partial charge in [-0.2, -0.15) is 13.2 Å². The minimum Gasteiger partial charge on any atom is -0.368 e. The van der Waals surface area contributed by atoms with E-state index < -0.39 is 23.2 Å². The quantitative estimate of drug-likeness (QED) is 0.853.